The summed E-state index contributed by atoms with van der Waals surface area (Å²) in [6.45, 7) is 2.53. The van der Waals surface area contributed by atoms with E-state index in [1.165, 1.54) is 4.90 Å². The Morgan fingerprint density at radius 1 is 0.902 bits per heavy atom. The van der Waals surface area contributed by atoms with Gasteiger partial charge in [-0.3, -0.25) is 0 Å². The smallest absolute Gasteiger partial charge is 0.414 e. The van der Waals surface area contributed by atoms with Crippen LogP contribution in [0.25, 0.3) is 0 Å². The Bertz CT molecular complexity index is 1460. The van der Waals surface area contributed by atoms with Gasteiger partial charge in [-0.05, 0) is 47.3 Å². The van der Waals surface area contributed by atoms with Crippen molar-refractivity contribution in [3.63, 3.8) is 0 Å². The fourth-order valence-electron chi connectivity index (χ4n) is 4.08. The highest BCUT2D eigenvalue weighted by atomic mass is 35.5. The lowest BCUT2D eigenvalue weighted by Gasteiger charge is -2.30. The first-order valence-electron chi connectivity index (χ1n) is 12.9. The summed E-state index contributed by atoms with van der Waals surface area (Å²) in [6, 6.07) is 25.3. The minimum absolute atomic E-state index is 0.0438. The van der Waals surface area contributed by atoms with Crippen molar-refractivity contribution in [1.29, 1.82) is 0 Å². The minimum atomic E-state index is -1.09. The number of carboxylic acids is 1. The van der Waals surface area contributed by atoms with Crippen molar-refractivity contribution in [3.05, 3.63) is 107 Å². The monoisotopic (exact) mass is 574 g/mol. The van der Waals surface area contributed by atoms with Gasteiger partial charge in [0.25, 0.3) is 0 Å². The average Bonchev–Trinajstić information content (AvgIpc) is 2.96. The fourth-order valence-corrected chi connectivity index (χ4v) is 4.24. The number of carbonyl (C=O) groups is 2. The van der Waals surface area contributed by atoms with E-state index in [4.69, 9.17) is 16.3 Å². The molecule has 41 heavy (non-hydrogen) atoms. The third kappa shape index (κ3) is 8.15. The lowest BCUT2D eigenvalue weighted by Crippen LogP contribution is -2.33. The predicted octanol–water partition coefficient (Wildman–Crippen LogP) is 5.46. The molecular formula is C30H31ClN6O4. The van der Waals surface area contributed by atoms with E-state index in [0.29, 0.717) is 23.8 Å². The van der Waals surface area contributed by atoms with Crippen molar-refractivity contribution in [3.8, 4) is 5.75 Å². The molecule has 0 radical (unpaired) electrons. The molecule has 1 unspecified atom stereocenters. The molecule has 2 N–H and O–H groups in total. The normalized spacial score (nSPS) is 12.2. The maximum atomic E-state index is 12.2. The molecule has 2 atom stereocenters. The van der Waals surface area contributed by atoms with Gasteiger partial charge in [-0.25, -0.2) is 9.59 Å². The largest absolute Gasteiger partial charge is 0.480 e. The standard InChI is InChI=1S/C30H31ClN6O4/c1-20(23-12-8-5-9-13-23)37(19-22-10-6-4-7-11-22)29-34-27(31)33-28(35-29)32-25(26(38)39)18-21-14-16-24(17-15-21)41-30(40)36(2)3/h4-17,20,25H,18-19H2,1-3H3,(H,38,39)(H,32,33,34,35)/t20?,25-/m0/s1. The van der Waals surface area contributed by atoms with E-state index in [1.807, 2.05) is 72.5 Å². The molecule has 0 bridgehead atoms. The zero-order valence-corrected chi connectivity index (χ0v) is 23.7. The number of nitrogens with zero attached hydrogens (tertiary/aromatic N) is 5. The van der Waals surface area contributed by atoms with E-state index in [9.17, 15) is 14.7 Å². The van der Waals surface area contributed by atoms with E-state index in [1.54, 1.807) is 38.4 Å². The van der Waals surface area contributed by atoms with Crippen molar-refractivity contribution >= 4 is 35.6 Å². The molecule has 0 fully saturated rings. The molecule has 1 aromatic heterocycles. The minimum Gasteiger partial charge on any atom is -0.480 e. The number of hydrogen-bond donors (Lipinski definition) is 2. The van der Waals surface area contributed by atoms with Gasteiger partial charge < -0.3 is 25.0 Å². The number of carboxylic acid groups (broad SMARTS) is 1. The Morgan fingerprint density at radius 3 is 2.15 bits per heavy atom. The number of aromatic nitrogens is 3. The number of aliphatic carboxylic acids is 1. The summed E-state index contributed by atoms with van der Waals surface area (Å²) in [5, 5.41) is 12.8. The number of carbonyl (C=O) groups excluding carboxylic acids is 1. The molecule has 1 amide bonds. The van der Waals surface area contributed by atoms with Crippen LogP contribution in [0, 0.1) is 0 Å². The van der Waals surface area contributed by atoms with Crippen LogP contribution in [0.2, 0.25) is 5.28 Å². The average molecular weight is 575 g/mol. The highest BCUT2D eigenvalue weighted by Crippen LogP contribution is 2.28. The Balaban J connectivity index is 1.57. The highest BCUT2D eigenvalue weighted by Gasteiger charge is 2.24. The third-order valence-corrected chi connectivity index (χ3v) is 6.50. The first-order chi connectivity index (χ1) is 19.7. The Hall–Kier alpha value is -4.70. The van der Waals surface area contributed by atoms with Gasteiger partial charge in [0.1, 0.15) is 11.8 Å². The molecule has 0 spiro atoms. The quantitative estimate of drug-likeness (QED) is 0.240. The summed E-state index contributed by atoms with van der Waals surface area (Å²) in [5.74, 6) is -0.386. The first-order valence-corrected chi connectivity index (χ1v) is 13.3. The number of hydrogen-bond acceptors (Lipinski definition) is 8. The van der Waals surface area contributed by atoms with Crippen LogP contribution in [0.15, 0.2) is 84.9 Å². The predicted molar refractivity (Wildman–Crippen MR) is 157 cm³/mol. The second kappa shape index (κ2) is 13.6. The van der Waals surface area contributed by atoms with E-state index in [2.05, 4.69) is 20.3 Å². The second-order valence-corrected chi connectivity index (χ2v) is 9.91. The first kappa shape index (κ1) is 29.3. The van der Waals surface area contributed by atoms with Crippen LogP contribution in [0.3, 0.4) is 0 Å². The molecule has 0 saturated carbocycles. The lowest BCUT2D eigenvalue weighted by atomic mass is 10.1. The molecule has 0 aliphatic heterocycles. The zero-order valence-electron chi connectivity index (χ0n) is 22.9. The Labute approximate surface area is 243 Å². The van der Waals surface area contributed by atoms with Crippen molar-refractivity contribution in [1.82, 2.24) is 19.9 Å². The molecule has 0 aliphatic rings. The van der Waals surface area contributed by atoms with Gasteiger partial charge in [0, 0.05) is 27.1 Å². The third-order valence-electron chi connectivity index (χ3n) is 6.33. The maximum absolute atomic E-state index is 12.2. The number of nitrogens with one attached hydrogen (secondary N) is 1. The molecule has 10 nitrogen and oxygen atoms in total. The summed E-state index contributed by atoms with van der Waals surface area (Å²) in [6.07, 6.45) is -0.391. The number of amides is 1. The molecule has 0 aliphatic carbocycles. The van der Waals surface area contributed by atoms with Crippen LogP contribution in [-0.2, 0) is 17.8 Å². The number of halogens is 1. The highest BCUT2D eigenvalue weighted by molar-refractivity contribution is 6.28. The van der Waals surface area contributed by atoms with Crippen molar-refractivity contribution in [2.24, 2.45) is 0 Å². The summed E-state index contributed by atoms with van der Waals surface area (Å²) in [4.78, 5) is 40.4. The molecule has 4 aromatic rings. The fraction of sp³-hybridized carbons (Fsp3) is 0.233. The van der Waals surface area contributed by atoms with Crippen molar-refractivity contribution < 1.29 is 19.4 Å². The number of anilines is 2. The maximum Gasteiger partial charge on any atom is 0.414 e. The summed E-state index contributed by atoms with van der Waals surface area (Å²) < 4.78 is 5.23. The second-order valence-electron chi connectivity index (χ2n) is 9.57. The number of benzene rings is 3. The zero-order chi connectivity index (χ0) is 29.4. The molecule has 4 rings (SSSR count). The molecule has 11 heteroatoms. The molecule has 0 saturated heterocycles. The van der Waals surface area contributed by atoms with Crippen LogP contribution >= 0.6 is 11.6 Å². The number of ether oxygens (including phenoxy) is 1. The molecule has 3 aromatic carbocycles. The van der Waals surface area contributed by atoms with E-state index < -0.39 is 18.1 Å². The number of rotatable bonds is 11. The van der Waals surface area contributed by atoms with Gasteiger partial charge in [-0.1, -0.05) is 72.8 Å². The van der Waals surface area contributed by atoms with E-state index >= 15 is 0 Å². The molecule has 1 heterocycles. The van der Waals surface area contributed by atoms with Crippen LogP contribution in [0.5, 0.6) is 5.75 Å². The Morgan fingerprint density at radius 2 is 1.54 bits per heavy atom. The Kier molecular flexibility index (Phi) is 9.70. The van der Waals surface area contributed by atoms with Gasteiger partial charge in [0.05, 0.1) is 6.04 Å². The summed E-state index contributed by atoms with van der Waals surface area (Å²) in [7, 11) is 3.17. The topological polar surface area (TPSA) is 121 Å². The lowest BCUT2D eigenvalue weighted by molar-refractivity contribution is -0.137. The summed E-state index contributed by atoms with van der Waals surface area (Å²) >= 11 is 6.33. The summed E-state index contributed by atoms with van der Waals surface area (Å²) in [5.41, 5.74) is 2.81. The van der Waals surface area contributed by atoms with Crippen LogP contribution in [0.4, 0.5) is 16.7 Å². The van der Waals surface area contributed by atoms with Crippen LogP contribution in [-0.4, -0.2) is 57.2 Å². The van der Waals surface area contributed by atoms with Gasteiger partial charge in [-0.15, -0.1) is 0 Å². The van der Waals surface area contributed by atoms with Gasteiger partial charge >= 0.3 is 12.1 Å². The van der Waals surface area contributed by atoms with E-state index in [-0.39, 0.29) is 23.7 Å². The SMILES string of the molecule is CC(c1ccccc1)N(Cc1ccccc1)c1nc(Cl)nc(N[C@@H](Cc2ccc(OC(=O)N(C)C)cc2)C(=O)O)n1. The van der Waals surface area contributed by atoms with Crippen molar-refractivity contribution in [2.75, 3.05) is 24.3 Å². The van der Waals surface area contributed by atoms with Crippen LogP contribution < -0.4 is 15.0 Å². The molecular weight excluding hydrogens is 544 g/mol. The molecule has 212 valence electrons. The van der Waals surface area contributed by atoms with Crippen LogP contribution in [0.1, 0.15) is 29.7 Å². The van der Waals surface area contributed by atoms with Gasteiger partial charge in [-0.2, -0.15) is 15.0 Å². The van der Waals surface area contributed by atoms with Gasteiger partial charge in [0.2, 0.25) is 17.2 Å². The van der Waals surface area contributed by atoms with E-state index in [0.717, 1.165) is 11.1 Å². The van der Waals surface area contributed by atoms with Crippen molar-refractivity contribution in [2.45, 2.75) is 32.0 Å². The van der Waals surface area contributed by atoms with Gasteiger partial charge in [0.15, 0.2) is 0 Å².